The van der Waals surface area contributed by atoms with Gasteiger partial charge in [0.25, 0.3) is 5.91 Å². The van der Waals surface area contributed by atoms with Crippen molar-refractivity contribution in [1.82, 2.24) is 4.90 Å². The van der Waals surface area contributed by atoms with Crippen LogP contribution in [0, 0.1) is 6.92 Å². The first-order chi connectivity index (χ1) is 8.86. The van der Waals surface area contributed by atoms with Crippen molar-refractivity contribution >= 4 is 11.9 Å². The van der Waals surface area contributed by atoms with Crippen molar-refractivity contribution in [1.29, 1.82) is 0 Å². The molecule has 0 aliphatic rings. The fourth-order valence-electron chi connectivity index (χ4n) is 1.67. The molecule has 1 rings (SSSR count). The van der Waals surface area contributed by atoms with Gasteiger partial charge in [0, 0.05) is 6.04 Å². The van der Waals surface area contributed by atoms with Gasteiger partial charge in [-0.05, 0) is 32.9 Å². The van der Waals surface area contributed by atoms with Crippen molar-refractivity contribution in [3.05, 3.63) is 29.3 Å². The van der Waals surface area contributed by atoms with Crippen molar-refractivity contribution in [2.24, 2.45) is 0 Å². The second-order valence-corrected chi connectivity index (χ2v) is 4.62. The molecule has 0 bridgehead atoms. The average Bonchev–Trinajstić information content (AvgIpc) is 2.37. The number of hydrogen-bond donors (Lipinski definition) is 1. The van der Waals surface area contributed by atoms with E-state index in [-0.39, 0.29) is 29.8 Å². The predicted octanol–water partition coefficient (Wildman–Crippen LogP) is 1.72. The van der Waals surface area contributed by atoms with Crippen LogP contribution < -0.4 is 0 Å². The zero-order valence-electron chi connectivity index (χ0n) is 11.6. The van der Waals surface area contributed by atoms with Gasteiger partial charge in [0.2, 0.25) is 0 Å². The molecule has 1 aromatic rings. The number of aryl methyl sites for hydroxylation is 1. The van der Waals surface area contributed by atoms with Crippen LogP contribution in [-0.4, -0.2) is 41.6 Å². The number of esters is 1. The number of hydrogen-bond acceptors (Lipinski definition) is 4. The molecule has 0 radical (unpaired) electrons. The number of phenolic OH excluding ortho intramolecular Hbond substituents is 1. The van der Waals surface area contributed by atoms with Crippen LogP contribution in [0.4, 0.5) is 0 Å². The Morgan fingerprint density at radius 1 is 1.37 bits per heavy atom. The molecule has 1 amide bonds. The van der Waals surface area contributed by atoms with Gasteiger partial charge < -0.3 is 14.7 Å². The SMILES string of the molecule is COC(=O)CN(C(=O)c1cc(C)ccc1O)C(C)C. The maximum absolute atomic E-state index is 12.4. The molecule has 0 saturated heterocycles. The minimum atomic E-state index is -0.491. The van der Waals surface area contributed by atoms with Gasteiger partial charge >= 0.3 is 5.97 Å². The first-order valence-corrected chi connectivity index (χ1v) is 6.04. The lowest BCUT2D eigenvalue weighted by Crippen LogP contribution is -2.41. The number of carbonyl (C=O) groups excluding carboxylic acids is 2. The third-order valence-electron chi connectivity index (χ3n) is 2.79. The number of carbonyl (C=O) groups is 2. The van der Waals surface area contributed by atoms with Crippen LogP contribution in [0.15, 0.2) is 18.2 Å². The summed E-state index contributed by atoms with van der Waals surface area (Å²) in [5.74, 6) is -0.970. The highest BCUT2D eigenvalue weighted by molar-refractivity contribution is 5.98. The van der Waals surface area contributed by atoms with E-state index in [0.717, 1.165) is 5.56 Å². The Bertz CT molecular complexity index is 482. The van der Waals surface area contributed by atoms with Gasteiger partial charge in [0.1, 0.15) is 12.3 Å². The molecule has 0 aliphatic carbocycles. The van der Waals surface area contributed by atoms with Crippen molar-refractivity contribution < 1.29 is 19.4 Å². The van der Waals surface area contributed by atoms with Crippen LogP contribution in [0.25, 0.3) is 0 Å². The Morgan fingerprint density at radius 2 is 2.00 bits per heavy atom. The van der Waals surface area contributed by atoms with Crippen LogP contribution in [0.3, 0.4) is 0 Å². The minimum absolute atomic E-state index is 0.0916. The van der Waals surface area contributed by atoms with Crippen LogP contribution in [0.1, 0.15) is 29.8 Å². The maximum atomic E-state index is 12.4. The number of phenols is 1. The molecule has 0 atom stereocenters. The average molecular weight is 265 g/mol. The van der Waals surface area contributed by atoms with E-state index < -0.39 is 5.97 Å². The smallest absolute Gasteiger partial charge is 0.325 e. The summed E-state index contributed by atoms with van der Waals surface area (Å²) >= 11 is 0. The molecule has 0 spiro atoms. The number of rotatable bonds is 4. The largest absolute Gasteiger partial charge is 0.507 e. The second-order valence-electron chi connectivity index (χ2n) is 4.62. The van der Waals surface area contributed by atoms with Gasteiger partial charge in [-0.1, -0.05) is 11.6 Å². The van der Waals surface area contributed by atoms with Crippen LogP contribution in [0.5, 0.6) is 5.75 Å². The first kappa shape index (κ1) is 15.0. The zero-order valence-corrected chi connectivity index (χ0v) is 11.6. The van der Waals surface area contributed by atoms with E-state index >= 15 is 0 Å². The highest BCUT2D eigenvalue weighted by atomic mass is 16.5. The molecule has 104 valence electrons. The monoisotopic (exact) mass is 265 g/mol. The number of ether oxygens (including phenoxy) is 1. The summed E-state index contributed by atoms with van der Waals surface area (Å²) < 4.78 is 4.58. The maximum Gasteiger partial charge on any atom is 0.325 e. The molecule has 0 unspecified atom stereocenters. The van der Waals surface area contributed by atoms with E-state index in [9.17, 15) is 14.7 Å². The number of aromatic hydroxyl groups is 1. The van der Waals surface area contributed by atoms with Crippen molar-refractivity contribution in [2.45, 2.75) is 26.8 Å². The molecule has 1 N–H and O–H groups in total. The van der Waals surface area contributed by atoms with Gasteiger partial charge in [0.05, 0.1) is 12.7 Å². The molecule has 5 heteroatoms. The van der Waals surface area contributed by atoms with Gasteiger partial charge in [-0.2, -0.15) is 0 Å². The molecule has 5 nitrogen and oxygen atoms in total. The number of nitrogens with zero attached hydrogens (tertiary/aromatic N) is 1. The lowest BCUT2D eigenvalue weighted by molar-refractivity contribution is -0.141. The summed E-state index contributed by atoms with van der Waals surface area (Å²) in [6, 6.07) is 4.61. The standard InChI is InChI=1S/C14H19NO4/c1-9(2)15(8-13(17)19-4)14(18)11-7-10(3)5-6-12(11)16/h5-7,9,16H,8H2,1-4H3. The van der Waals surface area contributed by atoms with E-state index in [0.29, 0.717) is 0 Å². The first-order valence-electron chi connectivity index (χ1n) is 6.04. The van der Waals surface area contributed by atoms with Gasteiger partial charge in [-0.15, -0.1) is 0 Å². The summed E-state index contributed by atoms with van der Waals surface area (Å²) in [5.41, 5.74) is 1.06. The summed E-state index contributed by atoms with van der Waals surface area (Å²) in [6.45, 7) is 5.29. The van der Waals surface area contributed by atoms with E-state index in [2.05, 4.69) is 4.74 Å². The summed E-state index contributed by atoms with van der Waals surface area (Å²) in [5, 5.41) is 9.76. The summed E-state index contributed by atoms with van der Waals surface area (Å²) in [7, 11) is 1.27. The van der Waals surface area contributed by atoms with E-state index in [1.54, 1.807) is 26.0 Å². The second kappa shape index (κ2) is 6.22. The van der Waals surface area contributed by atoms with Gasteiger partial charge in [-0.25, -0.2) is 0 Å². The topological polar surface area (TPSA) is 66.8 Å². The van der Waals surface area contributed by atoms with E-state index in [4.69, 9.17) is 0 Å². The Morgan fingerprint density at radius 3 is 2.53 bits per heavy atom. The molecular formula is C14H19NO4. The van der Waals surface area contributed by atoms with Gasteiger partial charge in [0.15, 0.2) is 0 Å². The van der Waals surface area contributed by atoms with Crippen LogP contribution in [0.2, 0.25) is 0 Å². The molecule has 0 aliphatic heterocycles. The quantitative estimate of drug-likeness (QED) is 0.842. The van der Waals surface area contributed by atoms with E-state index in [1.807, 2.05) is 6.92 Å². The number of benzene rings is 1. The minimum Gasteiger partial charge on any atom is -0.507 e. The van der Waals surface area contributed by atoms with Crippen molar-refractivity contribution in [3.63, 3.8) is 0 Å². The van der Waals surface area contributed by atoms with E-state index in [1.165, 1.54) is 18.1 Å². The Labute approximate surface area is 112 Å². The Balaban J connectivity index is 3.05. The Hall–Kier alpha value is -2.04. The summed E-state index contributed by atoms with van der Waals surface area (Å²) in [4.78, 5) is 25.1. The lowest BCUT2D eigenvalue weighted by Gasteiger charge is -2.26. The highest BCUT2D eigenvalue weighted by Gasteiger charge is 2.24. The van der Waals surface area contributed by atoms with Crippen LogP contribution >= 0.6 is 0 Å². The number of amides is 1. The molecule has 1 aromatic carbocycles. The Kier molecular flexibility index (Phi) is 4.92. The molecule has 0 aromatic heterocycles. The fraction of sp³-hybridized carbons (Fsp3) is 0.429. The molecular weight excluding hydrogens is 246 g/mol. The molecule has 0 saturated carbocycles. The molecule has 0 heterocycles. The zero-order chi connectivity index (χ0) is 14.6. The third-order valence-corrected chi connectivity index (χ3v) is 2.79. The van der Waals surface area contributed by atoms with Crippen LogP contribution in [-0.2, 0) is 9.53 Å². The van der Waals surface area contributed by atoms with Gasteiger partial charge in [-0.3, -0.25) is 9.59 Å². The number of methoxy groups -OCH3 is 1. The predicted molar refractivity (Wildman–Crippen MR) is 71.0 cm³/mol. The van der Waals surface area contributed by atoms with Crippen molar-refractivity contribution in [3.8, 4) is 5.75 Å². The molecule has 19 heavy (non-hydrogen) atoms. The third kappa shape index (κ3) is 3.71. The lowest BCUT2D eigenvalue weighted by atomic mass is 10.1. The fourth-order valence-corrected chi connectivity index (χ4v) is 1.67. The molecule has 0 fully saturated rings. The highest BCUT2D eigenvalue weighted by Crippen LogP contribution is 2.21. The normalized spacial score (nSPS) is 10.4. The van der Waals surface area contributed by atoms with Crippen molar-refractivity contribution in [2.75, 3.05) is 13.7 Å². The summed E-state index contributed by atoms with van der Waals surface area (Å²) in [6.07, 6.45) is 0.